The Kier molecular flexibility index (Phi) is 5.99. The van der Waals surface area contributed by atoms with Crippen LogP contribution in [0, 0.1) is 0 Å². The molecule has 0 spiro atoms. The number of rotatable bonds is 7. The Morgan fingerprint density at radius 3 is 2.29 bits per heavy atom. The number of benzene rings is 2. The summed E-state index contributed by atoms with van der Waals surface area (Å²) in [7, 11) is 4.59. The number of para-hydroxylation sites is 2. The van der Waals surface area contributed by atoms with Crippen LogP contribution in [0.5, 0.6) is 17.2 Å². The van der Waals surface area contributed by atoms with Gasteiger partial charge in [-0.3, -0.25) is 14.3 Å². The highest BCUT2D eigenvalue weighted by Crippen LogP contribution is 2.38. The van der Waals surface area contributed by atoms with Crippen LogP contribution in [0.15, 0.2) is 41.2 Å². The lowest BCUT2D eigenvalue weighted by Gasteiger charge is -2.32. The zero-order valence-electron chi connectivity index (χ0n) is 18.0. The lowest BCUT2D eigenvalue weighted by Crippen LogP contribution is -2.39. The monoisotopic (exact) mass is 425 g/mol. The van der Waals surface area contributed by atoms with Gasteiger partial charge >= 0.3 is 5.69 Å². The number of carbonyl (C=O) groups excluding carboxylic acids is 1. The number of nitrogens with one attached hydrogen (secondary N) is 1. The van der Waals surface area contributed by atoms with Crippen LogP contribution in [-0.2, 0) is 0 Å². The maximum atomic E-state index is 12.9. The van der Waals surface area contributed by atoms with E-state index < -0.39 is 0 Å². The first kappa shape index (κ1) is 21.0. The van der Waals surface area contributed by atoms with Gasteiger partial charge in [0.05, 0.1) is 38.9 Å². The second-order valence-corrected chi connectivity index (χ2v) is 7.66. The molecule has 0 atom stereocenters. The zero-order valence-corrected chi connectivity index (χ0v) is 18.0. The highest BCUT2D eigenvalue weighted by atomic mass is 16.5. The fraction of sp³-hybridized carbons (Fsp3) is 0.391. The van der Waals surface area contributed by atoms with Crippen molar-refractivity contribution in [3.05, 3.63) is 52.4 Å². The number of hydrogen-bond donors (Lipinski definition) is 1. The standard InChI is InChI=1S/C23H27N3O5/c1-29-20-12-15(13-21(30-2)22(20)31-3)19(27)14-25-10-8-16(9-11-25)26-18-7-5-4-6-17(18)24-23(26)28/h4-7,12-13,16H,8-11,14H2,1-3H3,(H,24,28). The number of imidazole rings is 1. The van der Waals surface area contributed by atoms with Crippen LogP contribution in [0.25, 0.3) is 11.0 Å². The average molecular weight is 425 g/mol. The number of nitrogens with zero attached hydrogens (tertiary/aromatic N) is 2. The van der Waals surface area contributed by atoms with Crippen molar-refractivity contribution in [1.29, 1.82) is 0 Å². The van der Waals surface area contributed by atoms with E-state index in [2.05, 4.69) is 9.88 Å². The number of likely N-dealkylation sites (tertiary alicyclic amines) is 1. The first-order chi connectivity index (χ1) is 15.0. The van der Waals surface area contributed by atoms with Crippen molar-refractivity contribution in [2.75, 3.05) is 41.0 Å². The molecule has 1 N–H and O–H groups in total. The largest absolute Gasteiger partial charge is 0.493 e. The SMILES string of the molecule is COc1cc(C(=O)CN2CCC(n3c(=O)[nH]c4ccccc43)CC2)cc(OC)c1OC. The van der Waals surface area contributed by atoms with Gasteiger partial charge in [0.2, 0.25) is 5.75 Å². The van der Waals surface area contributed by atoms with Crippen LogP contribution in [0.4, 0.5) is 0 Å². The molecule has 0 aliphatic carbocycles. The van der Waals surface area contributed by atoms with Gasteiger partial charge in [0.1, 0.15) is 0 Å². The molecular weight excluding hydrogens is 398 g/mol. The summed E-state index contributed by atoms with van der Waals surface area (Å²) in [6.45, 7) is 1.79. The molecular formula is C23H27N3O5. The number of fused-ring (bicyclic) bond motifs is 1. The predicted octanol–water partition coefficient (Wildman–Crippen LogP) is 2.88. The average Bonchev–Trinajstić information content (AvgIpc) is 3.14. The molecule has 1 aliphatic rings. The molecule has 2 heterocycles. The summed E-state index contributed by atoms with van der Waals surface area (Å²) in [5, 5.41) is 0. The summed E-state index contributed by atoms with van der Waals surface area (Å²) in [6.07, 6.45) is 1.62. The molecule has 4 rings (SSSR count). The Balaban J connectivity index is 1.45. The first-order valence-corrected chi connectivity index (χ1v) is 10.3. The number of ketones is 1. The number of H-pyrrole nitrogens is 1. The molecule has 1 aromatic heterocycles. The normalized spacial score (nSPS) is 15.2. The van der Waals surface area contributed by atoms with Gasteiger partial charge in [-0.15, -0.1) is 0 Å². The van der Waals surface area contributed by atoms with Crippen molar-refractivity contribution in [3.8, 4) is 17.2 Å². The van der Waals surface area contributed by atoms with Crippen molar-refractivity contribution in [2.45, 2.75) is 18.9 Å². The Hall–Kier alpha value is -3.26. The zero-order chi connectivity index (χ0) is 22.0. The van der Waals surface area contributed by atoms with E-state index in [1.54, 1.807) is 12.1 Å². The van der Waals surface area contributed by atoms with Crippen molar-refractivity contribution in [3.63, 3.8) is 0 Å². The van der Waals surface area contributed by atoms with Crippen molar-refractivity contribution >= 4 is 16.8 Å². The summed E-state index contributed by atoms with van der Waals surface area (Å²) < 4.78 is 17.9. The Morgan fingerprint density at radius 2 is 1.68 bits per heavy atom. The third-order valence-corrected chi connectivity index (χ3v) is 5.90. The maximum Gasteiger partial charge on any atom is 0.326 e. The van der Waals surface area contributed by atoms with Gasteiger partial charge in [-0.05, 0) is 37.1 Å². The summed E-state index contributed by atoms with van der Waals surface area (Å²) in [4.78, 5) is 30.4. The molecule has 1 fully saturated rings. The molecule has 2 aromatic carbocycles. The van der Waals surface area contributed by atoms with E-state index >= 15 is 0 Å². The predicted molar refractivity (Wildman–Crippen MR) is 118 cm³/mol. The van der Waals surface area contributed by atoms with Gasteiger partial charge in [-0.25, -0.2) is 4.79 Å². The number of carbonyl (C=O) groups is 1. The molecule has 0 amide bonds. The smallest absolute Gasteiger partial charge is 0.326 e. The highest BCUT2D eigenvalue weighted by molar-refractivity contribution is 5.98. The van der Waals surface area contributed by atoms with Gasteiger partial charge < -0.3 is 19.2 Å². The van der Waals surface area contributed by atoms with E-state index in [-0.39, 0.29) is 17.5 Å². The minimum absolute atomic E-state index is 0.0121. The number of aromatic nitrogens is 2. The quantitative estimate of drug-likeness (QED) is 0.586. The van der Waals surface area contributed by atoms with Gasteiger partial charge in [0.15, 0.2) is 17.3 Å². The number of methoxy groups -OCH3 is 3. The van der Waals surface area contributed by atoms with E-state index in [1.807, 2.05) is 28.8 Å². The minimum atomic E-state index is -0.0758. The summed E-state index contributed by atoms with van der Waals surface area (Å²) in [6, 6.07) is 11.2. The van der Waals surface area contributed by atoms with Crippen LogP contribution >= 0.6 is 0 Å². The molecule has 31 heavy (non-hydrogen) atoms. The number of Topliss-reactive ketones (excluding diaryl/α,β-unsaturated/α-hetero) is 1. The van der Waals surface area contributed by atoms with Crippen LogP contribution < -0.4 is 19.9 Å². The number of hydrogen-bond acceptors (Lipinski definition) is 6. The second kappa shape index (κ2) is 8.85. The number of piperidine rings is 1. The molecule has 164 valence electrons. The molecule has 0 bridgehead atoms. The van der Waals surface area contributed by atoms with Crippen LogP contribution in [-0.4, -0.2) is 61.2 Å². The van der Waals surface area contributed by atoms with Crippen LogP contribution in [0.3, 0.4) is 0 Å². The maximum absolute atomic E-state index is 12.9. The molecule has 0 radical (unpaired) electrons. The molecule has 8 heteroatoms. The summed E-state index contributed by atoms with van der Waals surface area (Å²) in [5.74, 6) is 1.37. The van der Waals surface area contributed by atoms with Gasteiger partial charge in [-0.1, -0.05) is 12.1 Å². The van der Waals surface area contributed by atoms with Crippen molar-refractivity contribution in [2.24, 2.45) is 0 Å². The van der Waals surface area contributed by atoms with E-state index in [0.29, 0.717) is 29.4 Å². The first-order valence-electron chi connectivity index (χ1n) is 10.3. The van der Waals surface area contributed by atoms with E-state index in [9.17, 15) is 9.59 Å². The topological polar surface area (TPSA) is 85.8 Å². The van der Waals surface area contributed by atoms with Crippen LogP contribution in [0.2, 0.25) is 0 Å². The van der Waals surface area contributed by atoms with E-state index in [0.717, 1.165) is 37.0 Å². The second-order valence-electron chi connectivity index (χ2n) is 7.66. The Bertz CT molecular complexity index is 1120. The number of ether oxygens (including phenoxy) is 3. The van der Waals surface area contributed by atoms with E-state index in [4.69, 9.17) is 14.2 Å². The van der Waals surface area contributed by atoms with Crippen molar-refractivity contribution < 1.29 is 19.0 Å². The molecule has 1 aliphatic heterocycles. The molecule has 3 aromatic rings. The molecule has 1 saturated heterocycles. The fourth-order valence-electron chi connectivity index (χ4n) is 4.31. The molecule has 8 nitrogen and oxygen atoms in total. The third-order valence-electron chi connectivity index (χ3n) is 5.90. The minimum Gasteiger partial charge on any atom is -0.493 e. The van der Waals surface area contributed by atoms with Crippen molar-refractivity contribution in [1.82, 2.24) is 14.5 Å². The number of aromatic amines is 1. The summed E-state index contributed by atoms with van der Waals surface area (Å²) in [5.41, 5.74) is 2.23. The highest BCUT2D eigenvalue weighted by Gasteiger charge is 2.25. The molecule has 0 saturated carbocycles. The molecule has 0 unspecified atom stereocenters. The van der Waals surface area contributed by atoms with Gasteiger partial charge in [-0.2, -0.15) is 0 Å². The van der Waals surface area contributed by atoms with E-state index in [1.165, 1.54) is 21.3 Å². The van der Waals surface area contributed by atoms with Gasteiger partial charge in [0.25, 0.3) is 0 Å². The Morgan fingerprint density at radius 1 is 1.03 bits per heavy atom. The third kappa shape index (κ3) is 4.03. The lowest BCUT2D eigenvalue weighted by molar-refractivity contribution is 0.0897. The lowest BCUT2D eigenvalue weighted by atomic mass is 10.0. The van der Waals surface area contributed by atoms with Crippen LogP contribution in [0.1, 0.15) is 29.2 Å². The Labute approximate surface area is 180 Å². The van der Waals surface area contributed by atoms with Gasteiger partial charge in [0, 0.05) is 24.7 Å². The fourth-order valence-corrected chi connectivity index (χ4v) is 4.31. The summed E-state index contributed by atoms with van der Waals surface area (Å²) >= 11 is 0.